The minimum absolute atomic E-state index is 0.412. The SMILES string of the molecule is Clc1ccc(-c2ccc(C3OCCO3)o2)c(Cl)c1. The van der Waals surface area contributed by atoms with Crippen LogP contribution in [-0.4, -0.2) is 13.2 Å². The van der Waals surface area contributed by atoms with Gasteiger partial charge >= 0.3 is 0 Å². The molecule has 1 aromatic carbocycles. The Morgan fingerprint density at radius 1 is 1.00 bits per heavy atom. The predicted molar refractivity (Wildman–Crippen MR) is 68.8 cm³/mol. The molecule has 1 aromatic heterocycles. The maximum absolute atomic E-state index is 6.13. The van der Waals surface area contributed by atoms with Crippen LogP contribution < -0.4 is 0 Å². The van der Waals surface area contributed by atoms with Crippen molar-refractivity contribution in [3.63, 3.8) is 0 Å². The van der Waals surface area contributed by atoms with Gasteiger partial charge in [-0.05, 0) is 30.3 Å². The molecule has 0 aliphatic carbocycles. The summed E-state index contributed by atoms with van der Waals surface area (Å²) in [5.74, 6) is 1.32. The first kappa shape index (κ1) is 12.1. The summed E-state index contributed by atoms with van der Waals surface area (Å²) in [5.41, 5.74) is 0.797. The van der Waals surface area contributed by atoms with Gasteiger partial charge in [-0.2, -0.15) is 0 Å². The molecule has 0 unspecified atom stereocenters. The van der Waals surface area contributed by atoms with Gasteiger partial charge in [0.1, 0.15) is 5.76 Å². The summed E-state index contributed by atoms with van der Waals surface area (Å²) in [5, 5.41) is 1.15. The molecule has 0 spiro atoms. The lowest BCUT2D eigenvalue weighted by molar-refractivity contribution is -0.0585. The second-order valence-electron chi connectivity index (χ2n) is 3.90. The molecule has 0 atom stereocenters. The molecule has 18 heavy (non-hydrogen) atoms. The molecule has 5 heteroatoms. The predicted octanol–water partition coefficient (Wildman–Crippen LogP) is 4.30. The second kappa shape index (κ2) is 4.94. The van der Waals surface area contributed by atoms with E-state index < -0.39 is 6.29 Å². The van der Waals surface area contributed by atoms with Gasteiger partial charge in [-0.3, -0.25) is 0 Å². The van der Waals surface area contributed by atoms with Crippen LogP contribution in [0.4, 0.5) is 0 Å². The number of rotatable bonds is 2. The fourth-order valence-electron chi connectivity index (χ4n) is 1.84. The Balaban J connectivity index is 1.92. The number of benzene rings is 1. The van der Waals surface area contributed by atoms with Crippen LogP contribution in [0.2, 0.25) is 10.0 Å². The van der Waals surface area contributed by atoms with E-state index in [9.17, 15) is 0 Å². The maximum atomic E-state index is 6.13. The van der Waals surface area contributed by atoms with Crippen LogP contribution in [0.15, 0.2) is 34.7 Å². The van der Waals surface area contributed by atoms with E-state index in [1.54, 1.807) is 12.1 Å². The third-order valence-corrected chi connectivity index (χ3v) is 3.23. The summed E-state index contributed by atoms with van der Waals surface area (Å²) < 4.78 is 16.4. The Morgan fingerprint density at radius 3 is 2.50 bits per heavy atom. The summed E-state index contributed by atoms with van der Waals surface area (Å²) in [7, 11) is 0. The topological polar surface area (TPSA) is 31.6 Å². The molecule has 2 aromatic rings. The average Bonchev–Trinajstić information content (AvgIpc) is 2.99. The molecule has 1 aliphatic rings. The third-order valence-electron chi connectivity index (χ3n) is 2.68. The van der Waals surface area contributed by atoms with E-state index in [4.69, 9.17) is 37.1 Å². The first-order valence-corrected chi connectivity index (χ1v) is 6.28. The highest BCUT2D eigenvalue weighted by atomic mass is 35.5. The standard InChI is InChI=1S/C13H10Cl2O3/c14-8-1-2-9(10(15)7-8)11-3-4-12(18-11)13-16-5-6-17-13/h1-4,7,13H,5-6H2. The Hall–Kier alpha value is -1.00. The third kappa shape index (κ3) is 2.27. The van der Waals surface area contributed by atoms with E-state index in [2.05, 4.69) is 0 Å². The van der Waals surface area contributed by atoms with Gasteiger partial charge in [0.25, 0.3) is 0 Å². The molecule has 0 amide bonds. The van der Waals surface area contributed by atoms with Gasteiger partial charge in [0.05, 0.1) is 18.2 Å². The van der Waals surface area contributed by atoms with Crippen LogP contribution in [0.1, 0.15) is 12.1 Å². The molecular formula is C13H10Cl2O3. The van der Waals surface area contributed by atoms with Gasteiger partial charge in [-0.1, -0.05) is 23.2 Å². The lowest BCUT2D eigenvalue weighted by Crippen LogP contribution is -1.94. The number of hydrogen-bond acceptors (Lipinski definition) is 3. The van der Waals surface area contributed by atoms with Crippen molar-refractivity contribution in [2.45, 2.75) is 6.29 Å². The smallest absolute Gasteiger partial charge is 0.217 e. The Kier molecular flexibility index (Phi) is 3.31. The van der Waals surface area contributed by atoms with E-state index in [1.165, 1.54) is 0 Å². The Labute approximate surface area is 114 Å². The normalized spacial score (nSPS) is 16.3. The van der Waals surface area contributed by atoms with Gasteiger partial charge in [-0.15, -0.1) is 0 Å². The molecule has 1 saturated heterocycles. The van der Waals surface area contributed by atoms with Crippen molar-refractivity contribution in [3.05, 3.63) is 46.1 Å². The second-order valence-corrected chi connectivity index (χ2v) is 4.74. The van der Waals surface area contributed by atoms with Crippen molar-refractivity contribution in [2.75, 3.05) is 13.2 Å². The molecule has 0 N–H and O–H groups in total. The van der Waals surface area contributed by atoms with Crippen molar-refractivity contribution < 1.29 is 13.9 Å². The van der Waals surface area contributed by atoms with Crippen molar-refractivity contribution in [3.8, 4) is 11.3 Å². The zero-order chi connectivity index (χ0) is 12.5. The summed E-state index contributed by atoms with van der Waals surface area (Å²) in [6.45, 7) is 1.17. The quantitative estimate of drug-likeness (QED) is 0.824. The van der Waals surface area contributed by atoms with Gasteiger partial charge in [0, 0.05) is 10.6 Å². The van der Waals surface area contributed by atoms with Crippen molar-refractivity contribution in [2.24, 2.45) is 0 Å². The highest BCUT2D eigenvalue weighted by molar-refractivity contribution is 6.36. The molecule has 0 bridgehead atoms. The van der Waals surface area contributed by atoms with Crippen LogP contribution in [0, 0.1) is 0 Å². The van der Waals surface area contributed by atoms with Crippen LogP contribution in [0.5, 0.6) is 0 Å². The highest BCUT2D eigenvalue weighted by Crippen LogP contribution is 2.34. The molecule has 94 valence electrons. The minimum atomic E-state index is -0.412. The number of hydrogen-bond donors (Lipinski definition) is 0. The van der Waals surface area contributed by atoms with Crippen LogP contribution in [0.25, 0.3) is 11.3 Å². The Bertz CT molecular complexity index is 559. The average molecular weight is 285 g/mol. The van der Waals surface area contributed by atoms with Crippen LogP contribution in [0.3, 0.4) is 0 Å². The molecule has 0 radical (unpaired) electrons. The fraction of sp³-hybridized carbons (Fsp3) is 0.231. The van der Waals surface area contributed by atoms with Gasteiger partial charge < -0.3 is 13.9 Å². The largest absolute Gasteiger partial charge is 0.456 e. The number of halogens is 2. The Morgan fingerprint density at radius 2 is 1.78 bits per heavy atom. The summed E-state index contributed by atoms with van der Waals surface area (Å²) in [6.07, 6.45) is -0.412. The van der Waals surface area contributed by atoms with Gasteiger partial charge in [0.2, 0.25) is 6.29 Å². The summed E-state index contributed by atoms with van der Waals surface area (Å²) >= 11 is 12.0. The summed E-state index contributed by atoms with van der Waals surface area (Å²) in [6, 6.07) is 8.95. The van der Waals surface area contributed by atoms with Crippen molar-refractivity contribution in [1.29, 1.82) is 0 Å². The zero-order valence-corrected chi connectivity index (χ0v) is 10.9. The minimum Gasteiger partial charge on any atom is -0.456 e. The highest BCUT2D eigenvalue weighted by Gasteiger charge is 2.22. The maximum Gasteiger partial charge on any atom is 0.217 e. The van der Waals surface area contributed by atoms with Crippen molar-refractivity contribution >= 4 is 23.2 Å². The number of ether oxygens (including phenoxy) is 2. The molecule has 3 rings (SSSR count). The lowest BCUT2D eigenvalue weighted by Gasteiger charge is -2.05. The summed E-state index contributed by atoms with van der Waals surface area (Å²) in [4.78, 5) is 0. The van der Waals surface area contributed by atoms with E-state index in [1.807, 2.05) is 18.2 Å². The first-order chi connectivity index (χ1) is 8.74. The molecule has 1 fully saturated rings. The van der Waals surface area contributed by atoms with E-state index in [0.717, 1.165) is 5.56 Å². The van der Waals surface area contributed by atoms with E-state index >= 15 is 0 Å². The van der Waals surface area contributed by atoms with Gasteiger partial charge in [0.15, 0.2) is 5.76 Å². The monoisotopic (exact) mass is 284 g/mol. The van der Waals surface area contributed by atoms with Gasteiger partial charge in [-0.25, -0.2) is 0 Å². The molecule has 3 nitrogen and oxygen atoms in total. The van der Waals surface area contributed by atoms with Crippen LogP contribution >= 0.6 is 23.2 Å². The lowest BCUT2D eigenvalue weighted by atomic mass is 10.2. The van der Waals surface area contributed by atoms with E-state index in [0.29, 0.717) is 34.8 Å². The molecule has 0 saturated carbocycles. The fourth-order valence-corrected chi connectivity index (χ4v) is 2.34. The first-order valence-electron chi connectivity index (χ1n) is 5.52. The van der Waals surface area contributed by atoms with E-state index in [-0.39, 0.29) is 0 Å². The number of furan rings is 1. The van der Waals surface area contributed by atoms with Crippen molar-refractivity contribution in [1.82, 2.24) is 0 Å². The van der Waals surface area contributed by atoms with Crippen LogP contribution in [-0.2, 0) is 9.47 Å². The molecule has 1 aliphatic heterocycles. The zero-order valence-electron chi connectivity index (χ0n) is 9.36. The molecular weight excluding hydrogens is 275 g/mol. The molecule has 2 heterocycles.